The Balaban J connectivity index is 2.20. The summed E-state index contributed by atoms with van der Waals surface area (Å²) in [4.78, 5) is 4.70. The van der Waals surface area contributed by atoms with Gasteiger partial charge in [0.15, 0.2) is 0 Å². The van der Waals surface area contributed by atoms with E-state index in [1.807, 2.05) is 24.4 Å². The SMILES string of the molecule is C=C(C)Cc1c(-c2ccc(OC)cc2)ncc2ccccc12. The van der Waals surface area contributed by atoms with Crippen molar-refractivity contribution in [2.75, 3.05) is 7.11 Å². The maximum atomic E-state index is 5.24. The number of pyridine rings is 1. The molecule has 0 bridgehead atoms. The molecular weight excluding hydrogens is 270 g/mol. The molecule has 0 aliphatic heterocycles. The molecular formula is C20H19NO. The van der Waals surface area contributed by atoms with E-state index < -0.39 is 0 Å². The average Bonchev–Trinajstić information content (AvgIpc) is 2.55. The van der Waals surface area contributed by atoms with Crippen LogP contribution >= 0.6 is 0 Å². The number of nitrogens with zero attached hydrogens (tertiary/aromatic N) is 1. The molecule has 0 radical (unpaired) electrons. The minimum Gasteiger partial charge on any atom is -0.497 e. The Morgan fingerprint density at radius 3 is 2.50 bits per heavy atom. The van der Waals surface area contributed by atoms with Crippen LogP contribution in [-0.2, 0) is 6.42 Å². The normalized spacial score (nSPS) is 10.6. The second-order valence-electron chi connectivity index (χ2n) is 5.53. The van der Waals surface area contributed by atoms with Crippen LogP contribution in [0.3, 0.4) is 0 Å². The Morgan fingerprint density at radius 1 is 1.09 bits per heavy atom. The predicted octanol–water partition coefficient (Wildman–Crippen LogP) is 5.03. The number of methoxy groups -OCH3 is 1. The molecule has 0 spiro atoms. The van der Waals surface area contributed by atoms with E-state index in [4.69, 9.17) is 9.72 Å². The molecule has 1 aromatic heterocycles. The molecule has 1 heterocycles. The first kappa shape index (κ1) is 14.3. The minimum atomic E-state index is 0.829. The van der Waals surface area contributed by atoms with Gasteiger partial charge in [-0.25, -0.2) is 0 Å². The first-order chi connectivity index (χ1) is 10.7. The zero-order valence-corrected chi connectivity index (χ0v) is 13.0. The quantitative estimate of drug-likeness (QED) is 0.628. The number of rotatable bonds is 4. The third kappa shape index (κ3) is 2.73. The monoisotopic (exact) mass is 289 g/mol. The van der Waals surface area contributed by atoms with Crippen molar-refractivity contribution >= 4 is 10.8 Å². The van der Waals surface area contributed by atoms with Crippen LogP contribution in [0, 0.1) is 0 Å². The van der Waals surface area contributed by atoms with E-state index in [1.54, 1.807) is 7.11 Å². The number of hydrogen-bond acceptors (Lipinski definition) is 2. The van der Waals surface area contributed by atoms with Crippen molar-refractivity contribution < 1.29 is 4.74 Å². The van der Waals surface area contributed by atoms with Crippen LogP contribution in [0.2, 0.25) is 0 Å². The maximum absolute atomic E-state index is 5.24. The van der Waals surface area contributed by atoms with Gasteiger partial charge in [-0.05, 0) is 48.6 Å². The summed E-state index contributed by atoms with van der Waals surface area (Å²) < 4.78 is 5.24. The smallest absolute Gasteiger partial charge is 0.118 e. The van der Waals surface area contributed by atoms with Gasteiger partial charge in [0.05, 0.1) is 12.8 Å². The molecule has 0 saturated heterocycles. The fourth-order valence-electron chi connectivity index (χ4n) is 2.70. The third-order valence-corrected chi connectivity index (χ3v) is 3.75. The highest BCUT2D eigenvalue weighted by molar-refractivity contribution is 5.90. The van der Waals surface area contributed by atoms with Crippen LogP contribution in [0.4, 0.5) is 0 Å². The highest BCUT2D eigenvalue weighted by atomic mass is 16.5. The second kappa shape index (κ2) is 6.02. The van der Waals surface area contributed by atoms with E-state index in [2.05, 4.69) is 43.8 Å². The van der Waals surface area contributed by atoms with Crippen LogP contribution < -0.4 is 4.74 Å². The lowest BCUT2D eigenvalue weighted by molar-refractivity contribution is 0.415. The Kier molecular flexibility index (Phi) is 3.92. The Labute approximate surface area is 131 Å². The van der Waals surface area contributed by atoms with Gasteiger partial charge < -0.3 is 4.74 Å². The van der Waals surface area contributed by atoms with Gasteiger partial charge in [-0.1, -0.05) is 36.4 Å². The van der Waals surface area contributed by atoms with Crippen molar-refractivity contribution in [2.45, 2.75) is 13.3 Å². The lowest BCUT2D eigenvalue weighted by Gasteiger charge is -2.13. The summed E-state index contributed by atoms with van der Waals surface area (Å²) in [7, 11) is 1.68. The summed E-state index contributed by atoms with van der Waals surface area (Å²) in [6, 6.07) is 16.4. The molecule has 2 nitrogen and oxygen atoms in total. The number of aromatic nitrogens is 1. The zero-order valence-electron chi connectivity index (χ0n) is 13.0. The van der Waals surface area contributed by atoms with Crippen LogP contribution in [0.1, 0.15) is 12.5 Å². The van der Waals surface area contributed by atoms with Crippen LogP contribution in [0.25, 0.3) is 22.0 Å². The first-order valence-corrected chi connectivity index (χ1v) is 7.34. The highest BCUT2D eigenvalue weighted by Gasteiger charge is 2.11. The van der Waals surface area contributed by atoms with Crippen molar-refractivity contribution in [3.8, 4) is 17.0 Å². The molecule has 0 unspecified atom stereocenters. The van der Waals surface area contributed by atoms with Crippen molar-refractivity contribution in [3.63, 3.8) is 0 Å². The maximum Gasteiger partial charge on any atom is 0.118 e. The van der Waals surface area contributed by atoms with E-state index in [1.165, 1.54) is 10.9 Å². The number of ether oxygens (including phenoxy) is 1. The number of hydrogen-bond donors (Lipinski definition) is 0. The summed E-state index contributed by atoms with van der Waals surface area (Å²) in [6.07, 6.45) is 2.77. The van der Waals surface area contributed by atoms with Crippen LogP contribution in [-0.4, -0.2) is 12.1 Å². The first-order valence-electron chi connectivity index (χ1n) is 7.34. The molecule has 3 aromatic rings. The Morgan fingerprint density at radius 2 is 1.82 bits per heavy atom. The average molecular weight is 289 g/mol. The predicted molar refractivity (Wildman–Crippen MR) is 92.2 cm³/mol. The molecule has 2 heteroatoms. The van der Waals surface area contributed by atoms with Gasteiger partial charge in [0.25, 0.3) is 0 Å². The molecule has 0 saturated carbocycles. The van der Waals surface area contributed by atoms with Crippen LogP contribution in [0.5, 0.6) is 5.75 Å². The second-order valence-corrected chi connectivity index (χ2v) is 5.53. The molecule has 2 aromatic carbocycles. The summed E-state index contributed by atoms with van der Waals surface area (Å²) in [5.74, 6) is 0.853. The standard InChI is InChI=1S/C20H19NO/c1-14(2)12-19-18-7-5-4-6-16(18)13-21-20(19)15-8-10-17(22-3)11-9-15/h4-11,13H,1,12H2,2-3H3. The Bertz CT molecular complexity index is 819. The van der Waals surface area contributed by atoms with E-state index >= 15 is 0 Å². The highest BCUT2D eigenvalue weighted by Crippen LogP contribution is 2.30. The van der Waals surface area contributed by atoms with Gasteiger partial charge >= 0.3 is 0 Å². The number of benzene rings is 2. The van der Waals surface area contributed by atoms with Gasteiger partial charge in [-0.2, -0.15) is 0 Å². The third-order valence-electron chi connectivity index (χ3n) is 3.75. The van der Waals surface area contributed by atoms with Gasteiger partial charge in [0, 0.05) is 17.1 Å². The molecule has 0 amide bonds. The van der Waals surface area contributed by atoms with E-state index in [0.29, 0.717) is 0 Å². The topological polar surface area (TPSA) is 22.1 Å². The van der Waals surface area contributed by atoms with Crippen molar-refractivity contribution in [2.24, 2.45) is 0 Å². The van der Waals surface area contributed by atoms with Crippen molar-refractivity contribution in [1.29, 1.82) is 0 Å². The molecule has 0 aliphatic rings. The molecule has 3 rings (SSSR count). The number of allylic oxidation sites excluding steroid dienone is 1. The molecule has 0 fully saturated rings. The summed E-state index contributed by atoms with van der Waals surface area (Å²) in [5.41, 5.74) is 4.48. The molecule has 0 N–H and O–H groups in total. The molecule has 22 heavy (non-hydrogen) atoms. The molecule has 0 atom stereocenters. The van der Waals surface area contributed by atoms with E-state index in [0.717, 1.165) is 34.4 Å². The van der Waals surface area contributed by atoms with Gasteiger partial charge in [-0.15, -0.1) is 0 Å². The van der Waals surface area contributed by atoms with E-state index in [9.17, 15) is 0 Å². The van der Waals surface area contributed by atoms with Gasteiger partial charge in [0.2, 0.25) is 0 Å². The largest absolute Gasteiger partial charge is 0.497 e. The zero-order chi connectivity index (χ0) is 15.5. The minimum absolute atomic E-state index is 0.829. The van der Waals surface area contributed by atoms with Gasteiger partial charge in [0.1, 0.15) is 5.75 Å². The van der Waals surface area contributed by atoms with Crippen LogP contribution in [0.15, 0.2) is 66.9 Å². The number of fused-ring (bicyclic) bond motifs is 1. The van der Waals surface area contributed by atoms with E-state index in [-0.39, 0.29) is 0 Å². The lowest BCUT2D eigenvalue weighted by atomic mass is 9.95. The summed E-state index contributed by atoms with van der Waals surface area (Å²) in [6.45, 7) is 6.13. The lowest BCUT2D eigenvalue weighted by Crippen LogP contribution is -1.96. The molecule has 0 aliphatic carbocycles. The summed E-state index contributed by atoms with van der Waals surface area (Å²) in [5, 5.41) is 2.40. The van der Waals surface area contributed by atoms with Crippen molar-refractivity contribution in [1.82, 2.24) is 4.98 Å². The fraction of sp³-hybridized carbons (Fsp3) is 0.150. The molecule has 110 valence electrons. The summed E-state index contributed by atoms with van der Waals surface area (Å²) >= 11 is 0. The fourth-order valence-corrected chi connectivity index (χ4v) is 2.70. The van der Waals surface area contributed by atoms with Crippen molar-refractivity contribution in [3.05, 3.63) is 72.4 Å². The van der Waals surface area contributed by atoms with Gasteiger partial charge in [-0.3, -0.25) is 4.98 Å². The Hall–Kier alpha value is -2.61.